The van der Waals surface area contributed by atoms with E-state index < -0.39 is 11.5 Å². The molecule has 0 fully saturated rings. The van der Waals surface area contributed by atoms with Gasteiger partial charge in [0.25, 0.3) is 5.91 Å². The Kier molecular flexibility index (Phi) is 3.34. The van der Waals surface area contributed by atoms with Gasteiger partial charge in [0.15, 0.2) is 11.4 Å². The average molecular weight is 295 g/mol. The Bertz CT molecular complexity index is 764. The molecule has 2 aromatic rings. The highest BCUT2D eigenvalue weighted by atomic mass is 16.3. The number of para-hydroxylation sites is 1. The number of benzene rings is 2. The number of anilines is 1. The van der Waals surface area contributed by atoms with Gasteiger partial charge in [-0.05, 0) is 19.4 Å². The highest BCUT2D eigenvalue weighted by molar-refractivity contribution is 6.09. The molecule has 3 rings (SSSR count). The third kappa shape index (κ3) is 2.22. The second-order valence-corrected chi connectivity index (χ2v) is 5.78. The number of aryl methyl sites for hydroxylation is 2. The quantitative estimate of drug-likeness (QED) is 0.856. The van der Waals surface area contributed by atoms with E-state index in [4.69, 9.17) is 0 Å². The molecule has 2 aromatic carbocycles. The van der Waals surface area contributed by atoms with Gasteiger partial charge in [0.2, 0.25) is 0 Å². The van der Waals surface area contributed by atoms with E-state index in [0.29, 0.717) is 16.8 Å². The summed E-state index contributed by atoms with van der Waals surface area (Å²) in [5, 5.41) is 13.5. The molecule has 2 N–H and O–H groups in total. The van der Waals surface area contributed by atoms with Gasteiger partial charge in [-0.25, -0.2) is 0 Å². The van der Waals surface area contributed by atoms with Crippen LogP contribution in [0.1, 0.15) is 33.5 Å². The molecule has 0 spiro atoms. The van der Waals surface area contributed by atoms with Crippen LogP contribution in [0.4, 0.5) is 5.69 Å². The molecule has 4 nitrogen and oxygen atoms in total. The molecule has 22 heavy (non-hydrogen) atoms. The molecule has 1 atom stereocenters. The van der Waals surface area contributed by atoms with Crippen molar-refractivity contribution >= 4 is 17.4 Å². The minimum Gasteiger partial charge on any atom is -0.375 e. The number of Topliss-reactive ketones (excluding diaryl/α,β-unsaturated/α-hetero) is 1. The van der Waals surface area contributed by atoms with Crippen LogP contribution in [0.15, 0.2) is 42.5 Å². The van der Waals surface area contributed by atoms with Crippen molar-refractivity contribution in [3.05, 3.63) is 64.7 Å². The van der Waals surface area contributed by atoms with Crippen LogP contribution in [0, 0.1) is 13.8 Å². The smallest absolute Gasteiger partial charge is 0.261 e. The molecule has 1 aliphatic rings. The fourth-order valence-corrected chi connectivity index (χ4v) is 2.77. The highest BCUT2D eigenvalue weighted by Gasteiger charge is 2.47. The van der Waals surface area contributed by atoms with E-state index in [1.54, 1.807) is 24.3 Å². The molecule has 0 radical (unpaired) electrons. The first-order chi connectivity index (χ1) is 10.4. The Morgan fingerprint density at radius 1 is 1.14 bits per heavy atom. The Morgan fingerprint density at radius 2 is 1.82 bits per heavy atom. The Morgan fingerprint density at radius 3 is 2.50 bits per heavy atom. The second kappa shape index (κ2) is 5.07. The van der Waals surface area contributed by atoms with E-state index in [-0.39, 0.29) is 12.2 Å². The number of amides is 1. The lowest BCUT2D eigenvalue weighted by Crippen LogP contribution is -2.36. The number of hydrogen-bond acceptors (Lipinski definition) is 3. The lowest BCUT2D eigenvalue weighted by molar-refractivity contribution is -0.133. The minimum absolute atomic E-state index is 0.257. The number of carbonyl (C=O) groups is 2. The lowest BCUT2D eigenvalue weighted by atomic mass is 9.87. The largest absolute Gasteiger partial charge is 0.375 e. The van der Waals surface area contributed by atoms with Gasteiger partial charge >= 0.3 is 0 Å². The molecule has 0 unspecified atom stereocenters. The minimum atomic E-state index is -1.80. The van der Waals surface area contributed by atoms with Gasteiger partial charge in [-0.15, -0.1) is 0 Å². The zero-order chi connectivity index (χ0) is 15.9. The van der Waals surface area contributed by atoms with Crippen molar-refractivity contribution in [2.24, 2.45) is 0 Å². The third-order valence-corrected chi connectivity index (χ3v) is 4.12. The summed E-state index contributed by atoms with van der Waals surface area (Å²) >= 11 is 0. The van der Waals surface area contributed by atoms with E-state index in [2.05, 4.69) is 5.32 Å². The topological polar surface area (TPSA) is 66.4 Å². The molecule has 1 aliphatic heterocycles. The Labute approximate surface area is 128 Å². The Balaban J connectivity index is 1.95. The summed E-state index contributed by atoms with van der Waals surface area (Å²) in [5.41, 5.74) is 1.68. The molecular weight excluding hydrogens is 278 g/mol. The van der Waals surface area contributed by atoms with E-state index in [9.17, 15) is 14.7 Å². The molecule has 0 aromatic heterocycles. The molecular formula is C18H17NO3. The predicted molar refractivity (Wildman–Crippen MR) is 83.8 cm³/mol. The van der Waals surface area contributed by atoms with Crippen molar-refractivity contribution in [1.29, 1.82) is 0 Å². The summed E-state index contributed by atoms with van der Waals surface area (Å²) in [7, 11) is 0. The average Bonchev–Trinajstić information content (AvgIpc) is 2.73. The van der Waals surface area contributed by atoms with E-state index in [1.165, 1.54) is 0 Å². The van der Waals surface area contributed by atoms with E-state index in [1.807, 2.05) is 32.0 Å². The van der Waals surface area contributed by atoms with Crippen LogP contribution in [0.2, 0.25) is 0 Å². The fraction of sp³-hybridized carbons (Fsp3) is 0.222. The lowest BCUT2D eigenvalue weighted by Gasteiger charge is -2.20. The number of rotatable bonds is 3. The molecule has 0 aliphatic carbocycles. The molecule has 1 amide bonds. The van der Waals surface area contributed by atoms with Crippen LogP contribution < -0.4 is 5.32 Å². The SMILES string of the molecule is Cc1ccc(C(=O)C[C@]2(O)C(=O)Nc3c(C)cccc32)cc1. The summed E-state index contributed by atoms with van der Waals surface area (Å²) < 4.78 is 0. The molecule has 4 heteroatoms. The van der Waals surface area contributed by atoms with Crippen LogP contribution in [0.5, 0.6) is 0 Å². The van der Waals surface area contributed by atoms with Crippen LogP contribution in [0.25, 0.3) is 0 Å². The summed E-state index contributed by atoms with van der Waals surface area (Å²) in [6.45, 7) is 3.79. The van der Waals surface area contributed by atoms with Gasteiger partial charge in [0, 0.05) is 11.1 Å². The van der Waals surface area contributed by atoms with Crippen molar-refractivity contribution in [1.82, 2.24) is 0 Å². The number of hydrogen-bond donors (Lipinski definition) is 2. The molecule has 112 valence electrons. The zero-order valence-corrected chi connectivity index (χ0v) is 12.5. The summed E-state index contributed by atoms with van der Waals surface area (Å²) in [6, 6.07) is 12.4. The third-order valence-electron chi connectivity index (χ3n) is 4.12. The first kappa shape index (κ1) is 14.5. The van der Waals surface area contributed by atoms with Gasteiger partial charge in [-0.2, -0.15) is 0 Å². The summed E-state index contributed by atoms with van der Waals surface area (Å²) in [4.78, 5) is 24.6. The van der Waals surface area contributed by atoms with Crippen LogP contribution >= 0.6 is 0 Å². The molecule has 1 heterocycles. The molecule has 0 saturated heterocycles. The van der Waals surface area contributed by atoms with E-state index in [0.717, 1.165) is 11.1 Å². The van der Waals surface area contributed by atoms with Gasteiger partial charge in [-0.3, -0.25) is 9.59 Å². The number of nitrogens with one attached hydrogen (secondary N) is 1. The van der Waals surface area contributed by atoms with Gasteiger partial charge < -0.3 is 10.4 Å². The van der Waals surface area contributed by atoms with Crippen LogP contribution in [-0.2, 0) is 10.4 Å². The maximum Gasteiger partial charge on any atom is 0.261 e. The molecule has 0 saturated carbocycles. The van der Waals surface area contributed by atoms with Crippen molar-refractivity contribution < 1.29 is 14.7 Å². The zero-order valence-electron chi connectivity index (χ0n) is 12.5. The number of aliphatic hydroxyl groups is 1. The van der Waals surface area contributed by atoms with Crippen molar-refractivity contribution in [2.75, 3.05) is 5.32 Å². The van der Waals surface area contributed by atoms with Crippen molar-refractivity contribution in [2.45, 2.75) is 25.9 Å². The second-order valence-electron chi connectivity index (χ2n) is 5.78. The van der Waals surface area contributed by atoms with E-state index >= 15 is 0 Å². The number of fused-ring (bicyclic) bond motifs is 1. The number of ketones is 1. The number of carbonyl (C=O) groups excluding carboxylic acids is 2. The first-order valence-electron chi connectivity index (χ1n) is 7.15. The Hall–Kier alpha value is -2.46. The maximum atomic E-state index is 12.4. The van der Waals surface area contributed by atoms with Crippen LogP contribution in [0.3, 0.4) is 0 Å². The normalized spacial score (nSPS) is 19.7. The molecule has 0 bridgehead atoms. The first-order valence-corrected chi connectivity index (χ1v) is 7.15. The highest BCUT2D eigenvalue weighted by Crippen LogP contribution is 2.40. The fourth-order valence-electron chi connectivity index (χ4n) is 2.77. The summed E-state index contributed by atoms with van der Waals surface area (Å²) in [6.07, 6.45) is -0.266. The van der Waals surface area contributed by atoms with Gasteiger partial charge in [-0.1, -0.05) is 48.0 Å². The van der Waals surface area contributed by atoms with Crippen molar-refractivity contribution in [3.8, 4) is 0 Å². The van der Waals surface area contributed by atoms with Crippen LogP contribution in [-0.4, -0.2) is 16.8 Å². The van der Waals surface area contributed by atoms with Gasteiger partial charge in [0.05, 0.1) is 12.1 Å². The standard InChI is InChI=1S/C18H17NO3/c1-11-6-8-13(9-7-11)15(20)10-18(22)14-5-3-4-12(2)16(14)19-17(18)21/h3-9,22H,10H2,1-2H3,(H,19,21)/t18-/m1/s1. The van der Waals surface area contributed by atoms with Gasteiger partial charge in [0.1, 0.15) is 0 Å². The van der Waals surface area contributed by atoms with Crippen molar-refractivity contribution in [3.63, 3.8) is 0 Å². The summed E-state index contributed by atoms with van der Waals surface area (Å²) in [5.74, 6) is -0.802. The monoisotopic (exact) mass is 295 g/mol. The maximum absolute atomic E-state index is 12.4. The predicted octanol–water partition coefficient (Wildman–Crippen LogP) is 2.72.